The van der Waals surface area contributed by atoms with Crippen molar-refractivity contribution in [2.75, 3.05) is 18.9 Å². The van der Waals surface area contributed by atoms with Gasteiger partial charge >= 0.3 is 6.09 Å². The average molecular weight is 471 g/mol. The number of nitrogens with one attached hydrogen (secondary N) is 1. The first-order valence-corrected chi connectivity index (χ1v) is 12.7. The Hall–Kier alpha value is -2.35. The van der Waals surface area contributed by atoms with Crippen molar-refractivity contribution in [2.45, 2.75) is 82.5 Å². The number of pyridine rings is 1. The van der Waals surface area contributed by atoms with E-state index in [0.29, 0.717) is 42.1 Å². The minimum atomic E-state index is -0.883. The highest BCUT2D eigenvalue weighted by atomic mass is 16.4. The van der Waals surface area contributed by atoms with Crippen LogP contribution in [0.2, 0.25) is 0 Å². The van der Waals surface area contributed by atoms with Crippen LogP contribution in [0, 0.1) is 23.7 Å². The molecule has 0 radical (unpaired) electrons. The van der Waals surface area contributed by atoms with Gasteiger partial charge < -0.3 is 25.3 Å². The van der Waals surface area contributed by atoms with E-state index in [0.717, 1.165) is 32.1 Å². The number of aliphatic hydroxyl groups is 1. The Balaban J connectivity index is 1.44. The molecular weight excluding hydrogens is 432 g/mol. The van der Waals surface area contributed by atoms with Gasteiger partial charge in [-0.15, -0.1) is 0 Å². The lowest BCUT2D eigenvalue weighted by atomic mass is 9.48. The Kier molecular flexibility index (Phi) is 5.58. The van der Waals surface area contributed by atoms with Crippen molar-refractivity contribution in [3.8, 4) is 0 Å². The SMILES string of the molecule is CN(C(=O)c1cccnc1NC1CCN(C(=O)O)C1C1C2CC3C[C@H]1CC(O)(C3)C2)C(C)(C)C. The van der Waals surface area contributed by atoms with Crippen molar-refractivity contribution in [1.82, 2.24) is 14.8 Å². The summed E-state index contributed by atoms with van der Waals surface area (Å²) < 4.78 is 0. The minimum absolute atomic E-state index is 0.107. The summed E-state index contributed by atoms with van der Waals surface area (Å²) in [5.41, 5.74) is -0.381. The van der Waals surface area contributed by atoms with Gasteiger partial charge in [0.2, 0.25) is 0 Å². The summed E-state index contributed by atoms with van der Waals surface area (Å²) >= 11 is 0. The number of carbonyl (C=O) groups excluding carboxylic acids is 1. The molecule has 2 heterocycles. The van der Waals surface area contributed by atoms with Gasteiger partial charge in [0.05, 0.1) is 23.2 Å². The smallest absolute Gasteiger partial charge is 0.407 e. The van der Waals surface area contributed by atoms with Crippen LogP contribution in [0.4, 0.5) is 10.6 Å². The zero-order chi connectivity index (χ0) is 24.4. The molecule has 6 unspecified atom stereocenters. The maximum Gasteiger partial charge on any atom is 0.407 e. The predicted octanol–water partition coefficient (Wildman–Crippen LogP) is 3.67. The lowest BCUT2D eigenvalue weighted by Crippen LogP contribution is -2.61. The zero-order valence-electron chi connectivity index (χ0n) is 20.7. The van der Waals surface area contributed by atoms with E-state index < -0.39 is 11.7 Å². The monoisotopic (exact) mass is 470 g/mol. The van der Waals surface area contributed by atoms with Crippen LogP contribution in [-0.2, 0) is 0 Å². The Morgan fingerprint density at radius 3 is 2.47 bits per heavy atom. The first-order valence-electron chi connectivity index (χ1n) is 12.7. The molecule has 2 amide bonds. The lowest BCUT2D eigenvalue weighted by molar-refractivity contribution is -0.162. The van der Waals surface area contributed by atoms with Crippen molar-refractivity contribution in [2.24, 2.45) is 23.7 Å². The van der Waals surface area contributed by atoms with Crippen LogP contribution in [0.25, 0.3) is 0 Å². The predicted molar refractivity (Wildman–Crippen MR) is 129 cm³/mol. The van der Waals surface area contributed by atoms with Gasteiger partial charge in [-0.25, -0.2) is 9.78 Å². The van der Waals surface area contributed by atoms with Crippen LogP contribution in [0.3, 0.4) is 0 Å². The number of likely N-dealkylation sites (tertiary alicyclic amines) is 1. The highest BCUT2D eigenvalue weighted by Crippen LogP contribution is 2.60. The largest absolute Gasteiger partial charge is 0.465 e. The molecular formula is C26H38N4O4. The van der Waals surface area contributed by atoms with E-state index >= 15 is 0 Å². The minimum Gasteiger partial charge on any atom is -0.465 e. The number of nitrogens with zero attached hydrogens (tertiary/aromatic N) is 3. The number of anilines is 1. The Morgan fingerprint density at radius 2 is 1.88 bits per heavy atom. The fraction of sp³-hybridized carbons (Fsp3) is 0.731. The first-order chi connectivity index (χ1) is 16.0. The topological polar surface area (TPSA) is 106 Å². The second-order valence-electron chi connectivity index (χ2n) is 12.2. The summed E-state index contributed by atoms with van der Waals surface area (Å²) in [6.07, 6.45) is 6.12. The van der Waals surface area contributed by atoms with Crippen LogP contribution in [-0.4, -0.2) is 73.8 Å². The van der Waals surface area contributed by atoms with E-state index in [9.17, 15) is 19.8 Å². The van der Waals surface area contributed by atoms with Crippen molar-refractivity contribution in [3.05, 3.63) is 23.9 Å². The molecule has 3 N–H and O–H groups in total. The summed E-state index contributed by atoms with van der Waals surface area (Å²) in [6, 6.07) is 3.26. The van der Waals surface area contributed by atoms with Gasteiger partial charge in [0.1, 0.15) is 5.82 Å². The molecule has 4 bridgehead atoms. The van der Waals surface area contributed by atoms with Crippen molar-refractivity contribution < 1.29 is 19.8 Å². The van der Waals surface area contributed by atoms with Crippen LogP contribution in [0.5, 0.6) is 0 Å². The summed E-state index contributed by atoms with van der Waals surface area (Å²) in [7, 11) is 1.79. The van der Waals surface area contributed by atoms with Gasteiger partial charge in [-0.1, -0.05) is 0 Å². The fourth-order valence-corrected chi connectivity index (χ4v) is 7.60. The van der Waals surface area contributed by atoms with Gasteiger partial charge in [0.15, 0.2) is 0 Å². The van der Waals surface area contributed by atoms with E-state index in [2.05, 4.69) is 10.3 Å². The molecule has 1 aliphatic heterocycles. The van der Waals surface area contributed by atoms with Gasteiger partial charge in [0, 0.05) is 25.3 Å². The zero-order valence-corrected chi connectivity index (χ0v) is 20.7. The molecule has 1 aromatic heterocycles. The molecule has 0 spiro atoms. The molecule has 4 saturated carbocycles. The molecule has 5 fully saturated rings. The third-order valence-corrected chi connectivity index (χ3v) is 9.08. The van der Waals surface area contributed by atoms with E-state index in [-0.39, 0.29) is 29.4 Å². The normalized spacial score (nSPS) is 36.6. The Morgan fingerprint density at radius 1 is 1.21 bits per heavy atom. The number of hydrogen-bond acceptors (Lipinski definition) is 5. The van der Waals surface area contributed by atoms with Crippen LogP contribution < -0.4 is 5.32 Å². The van der Waals surface area contributed by atoms with E-state index in [1.165, 1.54) is 0 Å². The molecule has 8 heteroatoms. The molecule has 34 heavy (non-hydrogen) atoms. The number of carboxylic acid groups (broad SMARTS) is 1. The third-order valence-electron chi connectivity index (χ3n) is 9.08. The molecule has 1 saturated heterocycles. The molecule has 6 rings (SSSR count). The van der Waals surface area contributed by atoms with Gasteiger partial charge in [-0.05, 0) is 95.1 Å². The number of carbonyl (C=O) groups is 2. The summed E-state index contributed by atoms with van der Waals surface area (Å²) in [4.78, 5) is 33.4. The maximum absolute atomic E-state index is 13.3. The van der Waals surface area contributed by atoms with E-state index in [1.54, 1.807) is 35.2 Å². The number of amides is 2. The molecule has 8 nitrogen and oxygen atoms in total. The summed E-state index contributed by atoms with van der Waals surface area (Å²) in [5.74, 6) is 1.91. The number of rotatable bonds is 4. The van der Waals surface area contributed by atoms with Crippen LogP contribution in [0.15, 0.2) is 18.3 Å². The standard InChI is InChI=1S/C26H38N4O4/c1-25(2,3)29(4)23(31)18-6-5-8-27-22(18)28-19-7-9-30(24(32)33)21(19)20-16-10-15-11-17(20)14-26(34,12-15)13-16/h5-6,8,15-17,19-21,34H,7,9-14H2,1-4H3,(H,27,28)(H,32,33)/t15?,16-,17?,19?,20?,21?,26?/m0/s1. The molecule has 186 valence electrons. The maximum atomic E-state index is 13.3. The fourth-order valence-electron chi connectivity index (χ4n) is 7.60. The molecule has 1 aromatic rings. The van der Waals surface area contributed by atoms with Crippen molar-refractivity contribution in [3.63, 3.8) is 0 Å². The number of hydrogen-bond donors (Lipinski definition) is 3. The Labute approximate surface area is 201 Å². The molecule has 4 aliphatic carbocycles. The van der Waals surface area contributed by atoms with E-state index in [4.69, 9.17) is 0 Å². The molecule has 0 aromatic carbocycles. The van der Waals surface area contributed by atoms with Crippen molar-refractivity contribution in [1.29, 1.82) is 0 Å². The van der Waals surface area contributed by atoms with E-state index in [1.807, 2.05) is 20.8 Å². The molecule has 7 atom stereocenters. The van der Waals surface area contributed by atoms with Crippen molar-refractivity contribution >= 4 is 17.8 Å². The highest BCUT2D eigenvalue weighted by Gasteiger charge is 2.59. The second-order valence-corrected chi connectivity index (χ2v) is 12.2. The van der Waals surface area contributed by atoms with Gasteiger partial charge in [-0.2, -0.15) is 0 Å². The first kappa shape index (κ1) is 23.4. The second kappa shape index (κ2) is 8.11. The lowest BCUT2D eigenvalue weighted by Gasteiger charge is -2.60. The van der Waals surface area contributed by atoms with Crippen LogP contribution >= 0.6 is 0 Å². The highest BCUT2D eigenvalue weighted by molar-refractivity contribution is 5.99. The average Bonchev–Trinajstić information content (AvgIpc) is 3.14. The quantitative estimate of drug-likeness (QED) is 0.620. The van der Waals surface area contributed by atoms with Gasteiger partial charge in [-0.3, -0.25) is 4.79 Å². The van der Waals surface area contributed by atoms with Gasteiger partial charge in [0.25, 0.3) is 5.91 Å². The summed E-state index contributed by atoms with van der Waals surface area (Å²) in [5, 5.41) is 24.6. The van der Waals surface area contributed by atoms with Crippen LogP contribution in [0.1, 0.15) is 69.7 Å². The Bertz CT molecular complexity index is 960. The summed E-state index contributed by atoms with van der Waals surface area (Å²) in [6.45, 7) is 6.45. The molecule has 5 aliphatic rings. The third kappa shape index (κ3) is 3.93. The number of aromatic nitrogens is 1.